The van der Waals surface area contributed by atoms with E-state index in [2.05, 4.69) is 47.8 Å². The first-order valence-electron chi connectivity index (χ1n) is 9.74. The third kappa shape index (κ3) is 3.67. The highest BCUT2D eigenvalue weighted by atomic mass is 16.2. The van der Waals surface area contributed by atoms with Crippen molar-refractivity contribution in [1.82, 2.24) is 15.0 Å². The summed E-state index contributed by atoms with van der Waals surface area (Å²) in [6.07, 6.45) is 3.38. The predicted molar refractivity (Wildman–Crippen MR) is 106 cm³/mol. The molecule has 0 spiro atoms. The number of carbonyl (C=O) groups excluding carboxylic acids is 1. The summed E-state index contributed by atoms with van der Waals surface area (Å²) < 4.78 is 2.15. The van der Waals surface area contributed by atoms with Crippen molar-refractivity contribution in [1.29, 1.82) is 0 Å². The summed E-state index contributed by atoms with van der Waals surface area (Å²) >= 11 is 0. The monoisotopic (exact) mass is 354 g/mol. The quantitative estimate of drug-likeness (QED) is 0.819. The Kier molecular flexibility index (Phi) is 5.44. The van der Waals surface area contributed by atoms with E-state index in [0.29, 0.717) is 23.3 Å². The van der Waals surface area contributed by atoms with E-state index in [1.54, 1.807) is 0 Å². The molecule has 0 saturated heterocycles. The summed E-state index contributed by atoms with van der Waals surface area (Å²) in [7, 11) is 0. The molecule has 2 aromatic rings. The summed E-state index contributed by atoms with van der Waals surface area (Å²) in [4.78, 5) is 17.2. The molecule has 1 aromatic heterocycles. The first-order chi connectivity index (χ1) is 12.4. The lowest BCUT2D eigenvalue weighted by atomic mass is 9.76. The number of carbonyl (C=O) groups is 1. The van der Waals surface area contributed by atoms with Crippen LogP contribution < -0.4 is 5.43 Å². The molecule has 1 fully saturated rings. The molecule has 3 rings (SSSR count). The second-order valence-electron chi connectivity index (χ2n) is 7.89. The Balaban J connectivity index is 1.80. The number of hydrogen-bond donors (Lipinski definition) is 1. The van der Waals surface area contributed by atoms with E-state index in [1.807, 2.05) is 25.1 Å². The molecule has 1 heterocycles. The first-order valence-corrected chi connectivity index (χ1v) is 9.74. The van der Waals surface area contributed by atoms with Gasteiger partial charge in [-0.25, -0.2) is 10.4 Å². The number of imidazole rings is 1. The van der Waals surface area contributed by atoms with Gasteiger partial charge in [0.15, 0.2) is 0 Å². The molecule has 1 aliphatic carbocycles. The Hall–Kier alpha value is -2.17. The molecule has 1 aliphatic rings. The zero-order valence-electron chi connectivity index (χ0n) is 16.5. The van der Waals surface area contributed by atoms with Crippen LogP contribution >= 0.6 is 0 Å². The number of rotatable bonds is 4. The van der Waals surface area contributed by atoms with E-state index in [-0.39, 0.29) is 5.91 Å². The Morgan fingerprint density at radius 3 is 2.85 bits per heavy atom. The Labute approximate surface area is 155 Å². The van der Waals surface area contributed by atoms with Gasteiger partial charge in [-0.1, -0.05) is 20.8 Å². The Morgan fingerprint density at radius 2 is 2.15 bits per heavy atom. The maximum atomic E-state index is 12.6. The van der Waals surface area contributed by atoms with Gasteiger partial charge in [0.05, 0.1) is 11.0 Å². The number of amides is 1. The maximum absolute atomic E-state index is 12.6. The highest BCUT2D eigenvalue weighted by molar-refractivity contribution is 5.98. The van der Waals surface area contributed by atoms with Crippen LogP contribution in [0, 0.1) is 24.7 Å². The Bertz CT molecular complexity index is 834. The SMILES string of the molecule is CCn1c(C)nc2cc(C(=O)N/N=C3/C[C@@H](C)CC[C@H]3C(C)C)ccc21. The number of hydrazone groups is 1. The van der Waals surface area contributed by atoms with Gasteiger partial charge in [-0.3, -0.25) is 4.79 Å². The van der Waals surface area contributed by atoms with Crippen LogP contribution in [0.3, 0.4) is 0 Å². The number of hydrogen-bond acceptors (Lipinski definition) is 3. The van der Waals surface area contributed by atoms with Crippen molar-refractivity contribution in [3.63, 3.8) is 0 Å². The molecule has 0 radical (unpaired) electrons. The number of benzene rings is 1. The van der Waals surface area contributed by atoms with Crippen molar-refractivity contribution < 1.29 is 4.79 Å². The molecule has 26 heavy (non-hydrogen) atoms. The molecule has 1 saturated carbocycles. The zero-order chi connectivity index (χ0) is 18.8. The summed E-state index contributed by atoms with van der Waals surface area (Å²) in [5.74, 6) is 2.46. The average Bonchev–Trinajstić information content (AvgIpc) is 2.93. The van der Waals surface area contributed by atoms with Crippen LogP contribution in [0.15, 0.2) is 23.3 Å². The minimum atomic E-state index is -0.163. The van der Waals surface area contributed by atoms with Crippen LogP contribution in [0.1, 0.15) is 63.1 Å². The molecule has 0 bridgehead atoms. The van der Waals surface area contributed by atoms with Gasteiger partial charge in [-0.05, 0) is 63.1 Å². The minimum Gasteiger partial charge on any atom is -0.329 e. The molecular weight excluding hydrogens is 324 g/mol. The Morgan fingerprint density at radius 1 is 1.38 bits per heavy atom. The van der Waals surface area contributed by atoms with Crippen LogP contribution in [0.5, 0.6) is 0 Å². The second kappa shape index (κ2) is 7.60. The molecule has 0 unspecified atom stereocenters. The van der Waals surface area contributed by atoms with Crippen LogP contribution in [0.2, 0.25) is 0 Å². The van der Waals surface area contributed by atoms with Gasteiger partial charge in [0, 0.05) is 23.7 Å². The fraction of sp³-hybridized carbons (Fsp3) is 0.571. The highest BCUT2D eigenvalue weighted by Crippen LogP contribution is 2.31. The molecule has 5 nitrogen and oxygen atoms in total. The van der Waals surface area contributed by atoms with Gasteiger partial charge >= 0.3 is 0 Å². The highest BCUT2D eigenvalue weighted by Gasteiger charge is 2.27. The fourth-order valence-electron chi connectivity index (χ4n) is 4.07. The maximum Gasteiger partial charge on any atom is 0.271 e. The normalized spacial score (nSPS) is 22.3. The van der Waals surface area contributed by atoms with E-state index in [1.165, 1.54) is 6.42 Å². The lowest BCUT2D eigenvalue weighted by Gasteiger charge is -2.30. The van der Waals surface area contributed by atoms with Crippen molar-refractivity contribution in [2.45, 2.75) is 60.4 Å². The van der Waals surface area contributed by atoms with E-state index >= 15 is 0 Å². The lowest BCUT2D eigenvalue weighted by molar-refractivity contribution is 0.0954. The van der Waals surface area contributed by atoms with Gasteiger partial charge < -0.3 is 4.57 Å². The fourth-order valence-corrected chi connectivity index (χ4v) is 4.07. The van der Waals surface area contributed by atoms with E-state index in [4.69, 9.17) is 0 Å². The molecule has 0 aliphatic heterocycles. The van der Waals surface area contributed by atoms with E-state index < -0.39 is 0 Å². The number of aromatic nitrogens is 2. The van der Waals surface area contributed by atoms with Crippen molar-refractivity contribution in [3.05, 3.63) is 29.6 Å². The topological polar surface area (TPSA) is 59.3 Å². The molecule has 1 amide bonds. The van der Waals surface area contributed by atoms with Crippen LogP contribution in [-0.2, 0) is 6.54 Å². The second-order valence-corrected chi connectivity index (χ2v) is 7.89. The van der Waals surface area contributed by atoms with Gasteiger partial charge in [0.1, 0.15) is 5.82 Å². The minimum absolute atomic E-state index is 0.163. The number of nitrogens with zero attached hydrogens (tertiary/aromatic N) is 3. The summed E-state index contributed by atoms with van der Waals surface area (Å²) in [6, 6.07) is 5.68. The van der Waals surface area contributed by atoms with Crippen LogP contribution in [-0.4, -0.2) is 21.2 Å². The largest absolute Gasteiger partial charge is 0.329 e. The predicted octanol–water partition coefficient (Wildman–Crippen LogP) is 4.54. The van der Waals surface area contributed by atoms with Gasteiger partial charge in [-0.15, -0.1) is 0 Å². The van der Waals surface area contributed by atoms with E-state index in [9.17, 15) is 4.79 Å². The van der Waals surface area contributed by atoms with Crippen LogP contribution in [0.25, 0.3) is 11.0 Å². The molecule has 1 N–H and O–H groups in total. The number of nitrogens with one attached hydrogen (secondary N) is 1. The van der Waals surface area contributed by atoms with Crippen LogP contribution in [0.4, 0.5) is 0 Å². The summed E-state index contributed by atoms with van der Waals surface area (Å²) in [5, 5.41) is 4.52. The van der Waals surface area contributed by atoms with Crippen molar-refractivity contribution in [3.8, 4) is 0 Å². The molecule has 140 valence electrons. The molecular formula is C21H30N4O. The van der Waals surface area contributed by atoms with Crippen molar-refractivity contribution >= 4 is 22.7 Å². The summed E-state index contributed by atoms with van der Waals surface area (Å²) in [6.45, 7) is 11.7. The summed E-state index contributed by atoms with van der Waals surface area (Å²) in [5.41, 5.74) is 6.45. The third-order valence-corrected chi connectivity index (χ3v) is 5.58. The number of aryl methyl sites for hydroxylation is 2. The van der Waals surface area contributed by atoms with E-state index in [0.717, 1.165) is 42.0 Å². The van der Waals surface area contributed by atoms with Gasteiger partial charge in [0.2, 0.25) is 0 Å². The average molecular weight is 354 g/mol. The molecule has 2 atom stereocenters. The first kappa shape index (κ1) is 18.6. The smallest absolute Gasteiger partial charge is 0.271 e. The molecule has 5 heteroatoms. The third-order valence-electron chi connectivity index (χ3n) is 5.58. The number of fused-ring (bicyclic) bond motifs is 1. The molecule has 1 aromatic carbocycles. The van der Waals surface area contributed by atoms with Gasteiger partial charge in [0.25, 0.3) is 5.91 Å². The zero-order valence-corrected chi connectivity index (χ0v) is 16.5. The van der Waals surface area contributed by atoms with Crippen molar-refractivity contribution in [2.75, 3.05) is 0 Å². The van der Waals surface area contributed by atoms with Crippen molar-refractivity contribution in [2.24, 2.45) is 22.9 Å². The van der Waals surface area contributed by atoms with Gasteiger partial charge in [-0.2, -0.15) is 5.10 Å². The lowest BCUT2D eigenvalue weighted by Crippen LogP contribution is -2.31. The standard InChI is InChI=1S/C21H30N4O/c1-6-25-15(5)22-19-12-16(8-10-20(19)25)21(26)24-23-18-11-14(4)7-9-17(18)13(2)3/h8,10,12-14,17H,6-7,9,11H2,1-5H3,(H,24,26)/b23-18-/t14-,17-/m0/s1.